The van der Waals surface area contributed by atoms with Crippen molar-refractivity contribution in [3.63, 3.8) is 0 Å². The fourth-order valence-electron chi connectivity index (χ4n) is 1.17. The highest BCUT2D eigenvalue weighted by Crippen LogP contribution is 2.35. The van der Waals surface area contributed by atoms with Gasteiger partial charge in [-0.3, -0.25) is 0 Å². The normalized spacial score (nSPS) is 12.8. The maximum absolute atomic E-state index is 12.4. The van der Waals surface area contributed by atoms with Crippen molar-refractivity contribution in [3.05, 3.63) is 28.8 Å². The average Bonchev–Trinajstić information content (AvgIpc) is 2.15. The number of halogens is 4. The minimum atomic E-state index is -4.60. The molecule has 0 bridgehead atoms. The van der Waals surface area contributed by atoms with Crippen LogP contribution in [0.15, 0.2) is 23.1 Å². The van der Waals surface area contributed by atoms with E-state index >= 15 is 0 Å². The minimum Gasteiger partial charge on any atom is -0.211 e. The Hall–Kier alpha value is -0.790. The van der Waals surface area contributed by atoms with Crippen LogP contribution in [-0.2, 0) is 16.2 Å². The summed E-state index contributed by atoms with van der Waals surface area (Å²) in [5.41, 5.74) is -1.06. The van der Waals surface area contributed by atoms with E-state index in [1.807, 2.05) is 0 Å². The van der Waals surface area contributed by atoms with Crippen molar-refractivity contribution in [2.75, 3.05) is 6.54 Å². The highest BCUT2D eigenvalue weighted by molar-refractivity contribution is 7.89. The molecule has 0 aliphatic carbocycles. The number of benzene rings is 1. The van der Waals surface area contributed by atoms with E-state index in [0.29, 0.717) is 6.07 Å². The molecule has 0 saturated heterocycles. The van der Waals surface area contributed by atoms with Crippen LogP contribution < -0.4 is 4.72 Å². The molecule has 1 aromatic rings. The van der Waals surface area contributed by atoms with E-state index in [-0.39, 0.29) is 11.4 Å². The van der Waals surface area contributed by atoms with Gasteiger partial charge in [-0.1, -0.05) is 18.5 Å². The number of alkyl halides is 3. The van der Waals surface area contributed by atoms with Gasteiger partial charge in [0.05, 0.1) is 15.5 Å². The molecule has 0 spiro atoms. The zero-order chi connectivity index (χ0) is 13.3. The number of hydrogen-bond acceptors (Lipinski definition) is 2. The molecule has 0 radical (unpaired) electrons. The Morgan fingerprint density at radius 2 is 1.94 bits per heavy atom. The van der Waals surface area contributed by atoms with Crippen molar-refractivity contribution in [1.29, 1.82) is 0 Å². The second-order valence-corrected chi connectivity index (χ2v) is 5.31. The highest BCUT2D eigenvalue weighted by Gasteiger charge is 2.33. The molecule has 17 heavy (non-hydrogen) atoms. The molecule has 0 heterocycles. The van der Waals surface area contributed by atoms with Gasteiger partial charge in [-0.25, -0.2) is 13.1 Å². The summed E-state index contributed by atoms with van der Waals surface area (Å²) in [7, 11) is -3.80. The third-order valence-corrected chi connectivity index (χ3v) is 3.75. The highest BCUT2D eigenvalue weighted by atomic mass is 35.5. The van der Waals surface area contributed by atoms with Gasteiger partial charge in [-0.05, 0) is 18.2 Å². The van der Waals surface area contributed by atoms with Crippen molar-refractivity contribution in [3.8, 4) is 0 Å². The zero-order valence-corrected chi connectivity index (χ0v) is 10.2. The van der Waals surface area contributed by atoms with E-state index in [1.165, 1.54) is 0 Å². The molecule has 0 saturated carbocycles. The van der Waals surface area contributed by atoms with Gasteiger partial charge in [0.15, 0.2) is 0 Å². The summed E-state index contributed by atoms with van der Waals surface area (Å²) in [5.74, 6) is 0. The summed E-state index contributed by atoms with van der Waals surface area (Å²) in [6.07, 6.45) is -4.60. The van der Waals surface area contributed by atoms with Gasteiger partial charge in [-0.2, -0.15) is 13.2 Å². The second-order valence-electron chi connectivity index (χ2n) is 3.14. The molecule has 1 N–H and O–H groups in total. The molecule has 0 atom stereocenters. The van der Waals surface area contributed by atoms with E-state index in [2.05, 4.69) is 4.72 Å². The van der Waals surface area contributed by atoms with Gasteiger partial charge in [-0.15, -0.1) is 0 Å². The number of nitrogens with one attached hydrogen (secondary N) is 1. The van der Waals surface area contributed by atoms with Crippen LogP contribution in [0.25, 0.3) is 0 Å². The van der Waals surface area contributed by atoms with Gasteiger partial charge in [0.1, 0.15) is 0 Å². The molecule has 1 aromatic carbocycles. The molecule has 96 valence electrons. The molecular weight excluding hydrogens is 279 g/mol. The Morgan fingerprint density at radius 3 is 2.35 bits per heavy atom. The van der Waals surface area contributed by atoms with E-state index < -0.39 is 26.8 Å². The van der Waals surface area contributed by atoms with E-state index in [4.69, 9.17) is 11.6 Å². The molecule has 0 unspecified atom stereocenters. The summed E-state index contributed by atoms with van der Waals surface area (Å²) in [5, 5.41) is -0.642. The first-order valence-corrected chi connectivity index (χ1v) is 6.41. The van der Waals surface area contributed by atoms with E-state index in [9.17, 15) is 21.6 Å². The third-order valence-electron chi connectivity index (χ3n) is 1.89. The third kappa shape index (κ3) is 3.34. The summed E-state index contributed by atoms with van der Waals surface area (Å²) in [6.45, 7) is 1.70. The SMILES string of the molecule is CCNS(=O)(=O)c1ccc(C(F)(F)F)c(Cl)c1. The van der Waals surface area contributed by atoms with Crippen molar-refractivity contribution in [1.82, 2.24) is 4.72 Å². The van der Waals surface area contributed by atoms with Gasteiger partial charge >= 0.3 is 6.18 Å². The molecule has 0 fully saturated rings. The van der Waals surface area contributed by atoms with E-state index in [1.54, 1.807) is 6.92 Å². The summed E-state index contributed by atoms with van der Waals surface area (Å²) >= 11 is 5.41. The summed E-state index contributed by atoms with van der Waals surface area (Å²) < 4.78 is 62.3. The van der Waals surface area contributed by atoms with Gasteiger partial charge < -0.3 is 0 Å². The van der Waals surface area contributed by atoms with Crippen molar-refractivity contribution in [2.24, 2.45) is 0 Å². The first-order chi connectivity index (χ1) is 7.68. The molecule has 0 aliphatic rings. The Kier molecular flexibility index (Phi) is 4.06. The Morgan fingerprint density at radius 1 is 1.35 bits per heavy atom. The van der Waals surface area contributed by atoms with Crippen LogP contribution in [-0.4, -0.2) is 15.0 Å². The lowest BCUT2D eigenvalue weighted by Gasteiger charge is -2.10. The maximum atomic E-state index is 12.4. The summed E-state index contributed by atoms with van der Waals surface area (Å²) in [6, 6.07) is 2.29. The quantitative estimate of drug-likeness (QED) is 0.929. The topological polar surface area (TPSA) is 46.2 Å². The lowest BCUT2D eigenvalue weighted by Crippen LogP contribution is -2.23. The first kappa shape index (κ1) is 14.3. The predicted molar refractivity (Wildman–Crippen MR) is 57.3 cm³/mol. The number of sulfonamides is 1. The minimum absolute atomic E-state index is 0.140. The van der Waals surface area contributed by atoms with Crippen LogP contribution in [0, 0.1) is 0 Å². The monoisotopic (exact) mass is 287 g/mol. The lowest BCUT2D eigenvalue weighted by molar-refractivity contribution is -0.137. The number of hydrogen-bond donors (Lipinski definition) is 1. The van der Waals surface area contributed by atoms with E-state index in [0.717, 1.165) is 12.1 Å². The van der Waals surface area contributed by atoms with Crippen LogP contribution >= 0.6 is 11.6 Å². The maximum Gasteiger partial charge on any atom is 0.417 e. The standard InChI is InChI=1S/C9H9ClF3NO2S/c1-2-14-17(15,16)6-3-4-7(8(10)5-6)9(11,12)13/h3-5,14H,2H2,1H3. The smallest absolute Gasteiger partial charge is 0.211 e. The van der Waals surface area contributed by atoms with Gasteiger partial charge in [0, 0.05) is 6.54 Å². The average molecular weight is 288 g/mol. The van der Waals surface area contributed by atoms with Crippen molar-refractivity contribution < 1.29 is 21.6 Å². The molecule has 3 nitrogen and oxygen atoms in total. The van der Waals surface area contributed by atoms with Crippen molar-refractivity contribution in [2.45, 2.75) is 18.0 Å². The van der Waals surface area contributed by atoms with Crippen LogP contribution in [0.4, 0.5) is 13.2 Å². The van der Waals surface area contributed by atoms with Crippen molar-refractivity contribution >= 4 is 21.6 Å². The van der Waals surface area contributed by atoms with Gasteiger partial charge in [0.2, 0.25) is 10.0 Å². The molecule has 0 amide bonds. The fourth-order valence-corrected chi connectivity index (χ4v) is 2.59. The predicted octanol–water partition coefficient (Wildman–Crippen LogP) is 2.66. The van der Waals surface area contributed by atoms with Crippen LogP contribution in [0.5, 0.6) is 0 Å². The summed E-state index contributed by atoms with van der Waals surface area (Å²) in [4.78, 5) is -0.294. The van der Waals surface area contributed by atoms with Crippen LogP contribution in [0.1, 0.15) is 12.5 Å². The zero-order valence-electron chi connectivity index (χ0n) is 8.68. The molecule has 0 aliphatic heterocycles. The van der Waals surface area contributed by atoms with Crippen LogP contribution in [0.2, 0.25) is 5.02 Å². The fraction of sp³-hybridized carbons (Fsp3) is 0.333. The Balaban J connectivity index is 3.23. The first-order valence-electron chi connectivity index (χ1n) is 4.55. The Bertz CT molecular complexity index is 513. The molecule has 8 heteroatoms. The molecule has 0 aromatic heterocycles. The largest absolute Gasteiger partial charge is 0.417 e. The molecular formula is C9H9ClF3NO2S. The van der Waals surface area contributed by atoms with Crippen LogP contribution in [0.3, 0.4) is 0 Å². The van der Waals surface area contributed by atoms with Gasteiger partial charge in [0.25, 0.3) is 0 Å². The number of rotatable bonds is 3. The Labute approximate surface area is 102 Å². The molecule has 1 rings (SSSR count). The second kappa shape index (κ2) is 4.83. The lowest BCUT2D eigenvalue weighted by atomic mass is 10.2.